The number of esters is 1. The van der Waals surface area contributed by atoms with Crippen molar-refractivity contribution in [2.75, 3.05) is 13.7 Å². The van der Waals surface area contributed by atoms with E-state index >= 15 is 4.39 Å². The van der Waals surface area contributed by atoms with Crippen molar-refractivity contribution < 1.29 is 27.8 Å². The van der Waals surface area contributed by atoms with E-state index < -0.39 is 5.82 Å². The quantitative estimate of drug-likeness (QED) is 0.356. The lowest BCUT2D eigenvalue weighted by atomic mass is 10.00. The lowest BCUT2D eigenvalue weighted by Crippen LogP contribution is -2.09. The molecule has 0 radical (unpaired) electrons. The molecule has 0 saturated carbocycles. The van der Waals surface area contributed by atoms with Gasteiger partial charge in [0.15, 0.2) is 0 Å². The summed E-state index contributed by atoms with van der Waals surface area (Å²) in [5, 5.41) is 0.347. The van der Waals surface area contributed by atoms with Gasteiger partial charge in [0.05, 0.1) is 37.5 Å². The van der Waals surface area contributed by atoms with Gasteiger partial charge in [0, 0.05) is 35.5 Å². The number of methoxy groups -OCH3 is 1. The number of fused-ring (bicyclic) bond motifs is 1. The van der Waals surface area contributed by atoms with E-state index in [1.807, 2.05) is 12.1 Å². The second-order valence-corrected chi connectivity index (χ2v) is 7.54. The average molecular weight is 464 g/mol. The summed E-state index contributed by atoms with van der Waals surface area (Å²) in [4.78, 5) is 16.3. The standard InChI is InChI=1S/C26H25FN2O5/c1-3-32-24(30)12-17-4-5-20(31-2)13-23(17)34-15-18-11-22(16-6-8-29-19(10-16)14-28)26-21(25(18)27)7-9-33-26/h4-11,13H,3,12,14-15,28H2,1-2H3. The van der Waals surface area contributed by atoms with Gasteiger partial charge in [-0.15, -0.1) is 0 Å². The molecule has 2 N–H and O–H groups in total. The number of nitrogens with two attached hydrogens (primary N) is 1. The van der Waals surface area contributed by atoms with E-state index in [2.05, 4.69) is 4.98 Å². The van der Waals surface area contributed by atoms with Crippen molar-refractivity contribution in [3.8, 4) is 22.6 Å². The van der Waals surface area contributed by atoms with Crippen LogP contribution in [0.1, 0.15) is 23.7 Å². The first kappa shape index (κ1) is 23.3. The van der Waals surface area contributed by atoms with Crippen molar-refractivity contribution in [1.82, 2.24) is 4.98 Å². The molecule has 176 valence electrons. The highest BCUT2D eigenvalue weighted by Crippen LogP contribution is 2.34. The SMILES string of the molecule is CCOC(=O)Cc1ccc(OC)cc1OCc1cc(-c2ccnc(CN)c2)c2occc2c1F. The van der Waals surface area contributed by atoms with E-state index in [-0.39, 0.29) is 32.1 Å². The highest BCUT2D eigenvalue weighted by atomic mass is 19.1. The molecule has 0 atom stereocenters. The second kappa shape index (κ2) is 10.4. The number of hydrogen-bond acceptors (Lipinski definition) is 7. The van der Waals surface area contributed by atoms with Gasteiger partial charge in [-0.2, -0.15) is 0 Å². The minimum absolute atomic E-state index is 0.0283. The number of furan rings is 1. The predicted molar refractivity (Wildman–Crippen MR) is 125 cm³/mol. The van der Waals surface area contributed by atoms with Crippen LogP contribution in [0.25, 0.3) is 22.1 Å². The van der Waals surface area contributed by atoms with Crippen LogP contribution in [0.2, 0.25) is 0 Å². The van der Waals surface area contributed by atoms with Crippen molar-refractivity contribution in [3.05, 3.63) is 77.6 Å². The van der Waals surface area contributed by atoms with Crippen molar-refractivity contribution in [2.45, 2.75) is 26.5 Å². The van der Waals surface area contributed by atoms with Gasteiger partial charge >= 0.3 is 5.97 Å². The molecule has 2 aromatic carbocycles. The van der Waals surface area contributed by atoms with Crippen LogP contribution in [0.4, 0.5) is 4.39 Å². The molecule has 0 spiro atoms. The molecule has 4 rings (SSSR count). The Hall–Kier alpha value is -3.91. The Labute approximate surface area is 196 Å². The Balaban J connectivity index is 1.69. The Morgan fingerprint density at radius 2 is 2.00 bits per heavy atom. The Morgan fingerprint density at radius 1 is 1.15 bits per heavy atom. The number of nitrogens with zero attached hydrogens (tertiary/aromatic N) is 1. The van der Waals surface area contributed by atoms with Crippen LogP contribution in [0.3, 0.4) is 0 Å². The molecule has 0 bridgehead atoms. The monoisotopic (exact) mass is 464 g/mol. The highest BCUT2D eigenvalue weighted by molar-refractivity contribution is 5.93. The summed E-state index contributed by atoms with van der Waals surface area (Å²) in [7, 11) is 1.53. The fourth-order valence-corrected chi connectivity index (χ4v) is 3.71. The number of aromatic nitrogens is 1. The molecule has 34 heavy (non-hydrogen) atoms. The predicted octanol–water partition coefficient (Wildman–Crippen LogP) is 4.79. The van der Waals surface area contributed by atoms with Crippen LogP contribution in [0.15, 0.2) is 59.3 Å². The van der Waals surface area contributed by atoms with Crippen LogP contribution in [0, 0.1) is 5.82 Å². The number of halogens is 1. The Morgan fingerprint density at radius 3 is 2.76 bits per heavy atom. The van der Waals surface area contributed by atoms with Crippen LogP contribution in [-0.4, -0.2) is 24.7 Å². The number of carbonyl (C=O) groups is 1. The minimum atomic E-state index is -0.435. The van der Waals surface area contributed by atoms with E-state index in [4.69, 9.17) is 24.4 Å². The molecule has 2 heterocycles. The average Bonchev–Trinajstić information content (AvgIpc) is 3.35. The van der Waals surface area contributed by atoms with Gasteiger partial charge in [0.2, 0.25) is 0 Å². The van der Waals surface area contributed by atoms with Gasteiger partial charge in [-0.05, 0) is 42.8 Å². The zero-order valence-electron chi connectivity index (χ0n) is 19.0. The van der Waals surface area contributed by atoms with Crippen LogP contribution >= 0.6 is 0 Å². The first-order chi connectivity index (χ1) is 16.5. The van der Waals surface area contributed by atoms with Crippen molar-refractivity contribution in [1.29, 1.82) is 0 Å². The summed E-state index contributed by atoms with van der Waals surface area (Å²) in [5.74, 6) is 0.157. The van der Waals surface area contributed by atoms with Crippen LogP contribution < -0.4 is 15.2 Å². The molecule has 7 nitrogen and oxygen atoms in total. The van der Waals surface area contributed by atoms with Gasteiger partial charge < -0.3 is 24.4 Å². The number of carbonyl (C=O) groups excluding carboxylic acids is 1. The normalized spacial score (nSPS) is 10.9. The molecule has 0 fully saturated rings. The van der Waals surface area contributed by atoms with Crippen LogP contribution in [-0.2, 0) is 29.1 Å². The molecule has 0 aliphatic rings. The first-order valence-corrected chi connectivity index (χ1v) is 10.8. The lowest BCUT2D eigenvalue weighted by molar-refractivity contribution is -0.142. The van der Waals surface area contributed by atoms with Gasteiger partial charge in [0.25, 0.3) is 0 Å². The summed E-state index contributed by atoms with van der Waals surface area (Å²) in [6, 6.07) is 12.1. The largest absolute Gasteiger partial charge is 0.497 e. The molecule has 0 aliphatic heterocycles. The van der Waals surface area contributed by atoms with Crippen LogP contribution in [0.5, 0.6) is 11.5 Å². The first-order valence-electron chi connectivity index (χ1n) is 10.8. The van der Waals surface area contributed by atoms with E-state index in [1.54, 1.807) is 43.5 Å². The van der Waals surface area contributed by atoms with Gasteiger partial charge in [-0.1, -0.05) is 6.07 Å². The minimum Gasteiger partial charge on any atom is -0.497 e. The van der Waals surface area contributed by atoms with Gasteiger partial charge in [-0.25, -0.2) is 4.39 Å². The van der Waals surface area contributed by atoms with E-state index in [0.717, 1.165) is 5.56 Å². The maximum atomic E-state index is 15.3. The number of pyridine rings is 1. The molecule has 4 aromatic rings. The molecule has 8 heteroatoms. The number of hydrogen-bond donors (Lipinski definition) is 1. The van der Waals surface area contributed by atoms with Crippen molar-refractivity contribution in [2.24, 2.45) is 5.73 Å². The van der Waals surface area contributed by atoms with Gasteiger partial charge in [-0.3, -0.25) is 9.78 Å². The zero-order chi connectivity index (χ0) is 24.1. The number of rotatable bonds is 9. The summed E-state index contributed by atoms with van der Waals surface area (Å²) in [5.41, 5.74) is 9.34. The molecular weight excluding hydrogens is 439 g/mol. The maximum Gasteiger partial charge on any atom is 0.310 e. The fraction of sp³-hybridized carbons (Fsp3) is 0.231. The second-order valence-electron chi connectivity index (χ2n) is 7.54. The smallest absolute Gasteiger partial charge is 0.310 e. The lowest BCUT2D eigenvalue weighted by Gasteiger charge is -2.14. The third-order valence-corrected chi connectivity index (χ3v) is 5.38. The third kappa shape index (κ3) is 4.87. The molecule has 2 aromatic heterocycles. The van der Waals surface area contributed by atoms with E-state index in [0.29, 0.717) is 44.9 Å². The summed E-state index contributed by atoms with van der Waals surface area (Å²) in [6.07, 6.45) is 3.14. The van der Waals surface area contributed by atoms with E-state index in [1.165, 1.54) is 13.4 Å². The Kier molecular flexibility index (Phi) is 7.08. The maximum absolute atomic E-state index is 15.3. The molecule has 0 amide bonds. The zero-order valence-corrected chi connectivity index (χ0v) is 19.0. The fourth-order valence-electron chi connectivity index (χ4n) is 3.71. The van der Waals surface area contributed by atoms with Crippen molar-refractivity contribution in [3.63, 3.8) is 0 Å². The Bertz CT molecular complexity index is 1320. The highest BCUT2D eigenvalue weighted by Gasteiger charge is 2.18. The third-order valence-electron chi connectivity index (χ3n) is 5.38. The number of benzene rings is 2. The summed E-state index contributed by atoms with van der Waals surface area (Å²) in [6.45, 7) is 2.24. The van der Waals surface area contributed by atoms with E-state index in [9.17, 15) is 4.79 Å². The molecule has 0 saturated heterocycles. The molecule has 0 unspecified atom stereocenters. The topological polar surface area (TPSA) is 96.8 Å². The van der Waals surface area contributed by atoms with Gasteiger partial charge in [0.1, 0.15) is 29.5 Å². The number of ether oxygens (including phenoxy) is 3. The summed E-state index contributed by atoms with van der Waals surface area (Å²) >= 11 is 0. The molecule has 0 aliphatic carbocycles. The van der Waals surface area contributed by atoms with Crippen molar-refractivity contribution >= 4 is 16.9 Å². The molecular formula is C26H25FN2O5. The summed E-state index contributed by atoms with van der Waals surface area (Å²) < 4.78 is 37.3.